The molecule has 0 atom stereocenters. The highest BCUT2D eigenvalue weighted by atomic mass is 32.1. The second kappa shape index (κ2) is 9.49. The molecule has 0 aliphatic heterocycles. The van der Waals surface area contributed by atoms with E-state index in [1.165, 1.54) is 15.9 Å². The van der Waals surface area contributed by atoms with Crippen molar-refractivity contribution in [3.63, 3.8) is 0 Å². The standard InChI is InChI=1S/C24H21N3O4S/c1-29-18-9-5-4-7-17(18)8-6-10-21-23(28)27-24(32-21)25-22(26-27)14-12-16-11-13-19(30-2)20(15-16)31-3/h4-15H,1-3H3/b8-6+,14-12+,21-10-. The lowest BCUT2D eigenvalue weighted by molar-refractivity contribution is 0.355. The molecule has 0 spiro atoms. The number of para-hydroxylation sites is 1. The molecule has 0 radical (unpaired) electrons. The Bertz CT molecular complexity index is 1420. The monoisotopic (exact) mass is 447 g/mol. The highest BCUT2D eigenvalue weighted by Crippen LogP contribution is 2.28. The van der Waals surface area contributed by atoms with Gasteiger partial charge in [0.2, 0.25) is 4.96 Å². The number of benzene rings is 2. The van der Waals surface area contributed by atoms with E-state index in [1.807, 2.05) is 60.7 Å². The summed E-state index contributed by atoms with van der Waals surface area (Å²) in [4.78, 5) is 17.6. The molecule has 7 nitrogen and oxygen atoms in total. The molecule has 0 N–H and O–H groups in total. The van der Waals surface area contributed by atoms with E-state index in [-0.39, 0.29) is 5.56 Å². The molecule has 2 aromatic heterocycles. The largest absolute Gasteiger partial charge is 0.496 e. The quantitative estimate of drug-likeness (QED) is 0.431. The number of fused-ring (bicyclic) bond motifs is 1. The summed E-state index contributed by atoms with van der Waals surface area (Å²) < 4.78 is 17.8. The minimum absolute atomic E-state index is 0.201. The van der Waals surface area contributed by atoms with Gasteiger partial charge in [-0.05, 0) is 35.9 Å². The van der Waals surface area contributed by atoms with Gasteiger partial charge < -0.3 is 14.2 Å². The maximum absolute atomic E-state index is 12.7. The topological polar surface area (TPSA) is 74.9 Å². The number of allylic oxidation sites excluding steroid dienone is 1. The molecular formula is C24H21N3O4S. The molecular weight excluding hydrogens is 426 g/mol. The van der Waals surface area contributed by atoms with Gasteiger partial charge in [-0.1, -0.05) is 53.8 Å². The number of hydrogen-bond acceptors (Lipinski definition) is 7. The van der Waals surface area contributed by atoms with Crippen molar-refractivity contribution in [1.82, 2.24) is 14.6 Å². The Hall–Kier alpha value is -3.91. The molecule has 0 unspecified atom stereocenters. The van der Waals surface area contributed by atoms with E-state index in [2.05, 4.69) is 10.1 Å². The van der Waals surface area contributed by atoms with Crippen molar-refractivity contribution >= 4 is 40.6 Å². The molecule has 0 aliphatic rings. The summed E-state index contributed by atoms with van der Waals surface area (Å²) in [6.45, 7) is 0. The van der Waals surface area contributed by atoms with Gasteiger partial charge in [-0.3, -0.25) is 4.79 Å². The molecule has 8 heteroatoms. The van der Waals surface area contributed by atoms with Gasteiger partial charge >= 0.3 is 0 Å². The molecule has 2 heterocycles. The normalized spacial score (nSPS) is 12.3. The van der Waals surface area contributed by atoms with Crippen LogP contribution >= 0.6 is 11.3 Å². The molecule has 0 saturated heterocycles. The van der Waals surface area contributed by atoms with Crippen molar-refractivity contribution in [2.75, 3.05) is 21.3 Å². The second-order valence-electron chi connectivity index (χ2n) is 6.65. The molecule has 0 aliphatic carbocycles. The summed E-state index contributed by atoms with van der Waals surface area (Å²) >= 11 is 1.29. The minimum atomic E-state index is -0.201. The Morgan fingerprint density at radius 3 is 2.44 bits per heavy atom. The Balaban J connectivity index is 1.57. The zero-order valence-electron chi connectivity index (χ0n) is 17.8. The Labute approximate surface area is 188 Å². The number of aromatic nitrogens is 3. The molecule has 32 heavy (non-hydrogen) atoms. The van der Waals surface area contributed by atoms with Crippen LogP contribution in [0, 0.1) is 0 Å². The SMILES string of the molecule is COc1ccccc1/C=C/C=c1\sc2nc(/C=C/c3ccc(OC)c(OC)c3)nn2c1=O. The lowest BCUT2D eigenvalue weighted by atomic mass is 10.2. The molecule has 2 aromatic carbocycles. The fraction of sp³-hybridized carbons (Fsp3) is 0.125. The first-order chi connectivity index (χ1) is 15.6. The van der Waals surface area contributed by atoms with Crippen molar-refractivity contribution in [3.8, 4) is 17.2 Å². The maximum Gasteiger partial charge on any atom is 0.291 e. The molecule has 162 valence electrons. The first-order valence-electron chi connectivity index (χ1n) is 9.74. The summed E-state index contributed by atoms with van der Waals surface area (Å²) in [7, 11) is 4.81. The number of thiazole rings is 1. The van der Waals surface area contributed by atoms with Crippen LogP contribution in [-0.2, 0) is 0 Å². The molecule has 0 fully saturated rings. The van der Waals surface area contributed by atoms with Gasteiger partial charge in [0.05, 0.1) is 25.9 Å². The third-order valence-corrected chi connectivity index (χ3v) is 5.67. The molecule has 0 saturated carbocycles. The van der Waals surface area contributed by atoms with Crippen LogP contribution in [-0.4, -0.2) is 35.9 Å². The Morgan fingerprint density at radius 2 is 1.69 bits per heavy atom. The zero-order valence-corrected chi connectivity index (χ0v) is 18.6. The van der Waals surface area contributed by atoms with Crippen LogP contribution in [0.5, 0.6) is 17.2 Å². The first-order valence-corrected chi connectivity index (χ1v) is 10.6. The highest BCUT2D eigenvalue weighted by Gasteiger charge is 2.09. The fourth-order valence-electron chi connectivity index (χ4n) is 3.10. The van der Waals surface area contributed by atoms with Gasteiger partial charge in [0.1, 0.15) is 5.75 Å². The van der Waals surface area contributed by atoms with Crippen LogP contribution in [0.1, 0.15) is 17.0 Å². The number of hydrogen-bond donors (Lipinski definition) is 0. The van der Waals surface area contributed by atoms with Gasteiger partial charge in [0, 0.05) is 5.56 Å². The number of nitrogens with zero attached hydrogens (tertiary/aromatic N) is 3. The summed E-state index contributed by atoms with van der Waals surface area (Å²) in [5.41, 5.74) is 1.63. The summed E-state index contributed by atoms with van der Waals surface area (Å²) in [5, 5.41) is 4.31. The van der Waals surface area contributed by atoms with Gasteiger partial charge in [0.25, 0.3) is 5.56 Å². The molecule has 4 rings (SSSR count). The molecule has 0 bridgehead atoms. The van der Waals surface area contributed by atoms with Crippen molar-refractivity contribution < 1.29 is 14.2 Å². The smallest absolute Gasteiger partial charge is 0.291 e. The van der Waals surface area contributed by atoms with E-state index in [0.29, 0.717) is 26.8 Å². The minimum Gasteiger partial charge on any atom is -0.496 e. The summed E-state index contributed by atoms with van der Waals surface area (Å²) in [6.07, 6.45) is 9.09. The van der Waals surface area contributed by atoms with Gasteiger partial charge in [0.15, 0.2) is 17.3 Å². The van der Waals surface area contributed by atoms with Gasteiger partial charge in [-0.2, -0.15) is 9.50 Å². The van der Waals surface area contributed by atoms with Crippen molar-refractivity contribution in [1.29, 1.82) is 0 Å². The third kappa shape index (κ3) is 4.40. The van der Waals surface area contributed by atoms with E-state index in [0.717, 1.165) is 16.9 Å². The van der Waals surface area contributed by atoms with Crippen LogP contribution < -0.4 is 24.3 Å². The van der Waals surface area contributed by atoms with Crippen LogP contribution in [0.15, 0.2) is 53.3 Å². The summed E-state index contributed by atoms with van der Waals surface area (Å²) in [6, 6.07) is 13.3. The molecule has 0 amide bonds. The fourth-order valence-corrected chi connectivity index (χ4v) is 3.97. The van der Waals surface area contributed by atoms with E-state index in [9.17, 15) is 4.79 Å². The maximum atomic E-state index is 12.7. The first kappa shape index (κ1) is 21.3. The number of ether oxygens (including phenoxy) is 3. The predicted molar refractivity (Wildman–Crippen MR) is 127 cm³/mol. The van der Waals surface area contributed by atoms with E-state index in [4.69, 9.17) is 14.2 Å². The average molecular weight is 448 g/mol. The van der Waals surface area contributed by atoms with Crippen molar-refractivity contribution in [3.05, 3.63) is 80.4 Å². The van der Waals surface area contributed by atoms with Gasteiger partial charge in [-0.15, -0.1) is 5.10 Å². The zero-order chi connectivity index (χ0) is 22.5. The number of rotatable bonds is 7. The lowest BCUT2D eigenvalue weighted by Crippen LogP contribution is -2.23. The molecule has 4 aromatic rings. The van der Waals surface area contributed by atoms with Crippen LogP contribution in [0.3, 0.4) is 0 Å². The predicted octanol–water partition coefficient (Wildman–Crippen LogP) is 3.56. The van der Waals surface area contributed by atoms with Gasteiger partial charge in [-0.25, -0.2) is 0 Å². The average Bonchev–Trinajstić information content (AvgIpc) is 3.36. The summed E-state index contributed by atoms with van der Waals surface area (Å²) in [5.74, 6) is 2.52. The van der Waals surface area contributed by atoms with Crippen molar-refractivity contribution in [2.24, 2.45) is 0 Å². The van der Waals surface area contributed by atoms with Crippen LogP contribution in [0.4, 0.5) is 0 Å². The Kier molecular flexibility index (Phi) is 6.32. The second-order valence-corrected chi connectivity index (χ2v) is 7.66. The van der Waals surface area contributed by atoms with Crippen LogP contribution in [0.2, 0.25) is 0 Å². The van der Waals surface area contributed by atoms with E-state index < -0.39 is 0 Å². The van der Waals surface area contributed by atoms with E-state index >= 15 is 0 Å². The van der Waals surface area contributed by atoms with Crippen molar-refractivity contribution in [2.45, 2.75) is 0 Å². The lowest BCUT2D eigenvalue weighted by Gasteiger charge is -2.07. The number of methoxy groups -OCH3 is 3. The van der Waals surface area contributed by atoms with E-state index in [1.54, 1.807) is 33.5 Å². The Morgan fingerprint density at radius 1 is 0.906 bits per heavy atom. The van der Waals surface area contributed by atoms with Crippen LogP contribution in [0.25, 0.3) is 29.3 Å². The third-order valence-electron chi connectivity index (χ3n) is 4.69. The highest BCUT2D eigenvalue weighted by molar-refractivity contribution is 7.15.